The van der Waals surface area contributed by atoms with Crippen LogP contribution in [0.5, 0.6) is 0 Å². The van der Waals surface area contributed by atoms with Gasteiger partial charge in [-0.15, -0.1) is 0 Å². The Morgan fingerprint density at radius 1 is 1.26 bits per heavy atom. The van der Waals surface area contributed by atoms with Gasteiger partial charge < -0.3 is 14.7 Å². The number of carboxylic acids is 1. The Morgan fingerprint density at radius 3 is 2.81 bits per heavy atom. The molecular formula is C19H22N2O6. The summed E-state index contributed by atoms with van der Waals surface area (Å²) in [5.41, 5.74) is 2.55. The first-order chi connectivity index (χ1) is 13.0. The first kappa shape index (κ1) is 19.0. The van der Waals surface area contributed by atoms with E-state index in [0.717, 1.165) is 24.0 Å². The minimum Gasteiger partial charge on any atom is -0.481 e. The number of carboxylic acid groups (broad SMARTS) is 1. The lowest BCUT2D eigenvalue weighted by Crippen LogP contribution is -2.52. The Balaban J connectivity index is 1.55. The van der Waals surface area contributed by atoms with E-state index >= 15 is 0 Å². The highest BCUT2D eigenvalue weighted by Gasteiger charge is 2.38. The third-order valence-electron chi connectivity index (χ3n) is 4.80. The van der Waals surface area contributed by atoms with E-state index < -0.39 is 17.9 Å². The Bertz CT molecular complexity index is 775. The molecule has 8 nitrogen and oxygen atoms in total. The molecule has 2 N–H and O–H groups in total. The fourth-order valence-electron chi connectivity index (χ4n) is 3.42. The molecule has 27 heavy (non-hydrogen) atoms. The van der Waals surface area contributed by atoms with Gasteiger partial charge >= 0.3 is 5.97 Å². The molecule has 3 rings (SSSR count). The van der Waals surface area contributed by atoms with Crippen LogP contribution in [-0.2, 0) is 32.1 Å². The van der Waals surface area contributed by atoms with Crippen LogP contribution in [0.3, 0.4) is 0 Å². The summed E-state index contributed by atoms with van der Waals surface area (Å²) in [4.78, 5) is 47.9. The molecule has 144 valence electrons. The van der Waals surface area contributed by atoms with Crippen LogP contribution in [0.2, 0.25) is 0 Å². The number of rotatable bonds is 8. The number of hydrogen-bond donors (Lipinski definition) is 2. The van der Waals surface area contributed by atoms with E-state index in [9.17, 15) is 19.2 Å². The Hall–Kier alpha value is -2.74. The summed E-state index contributed by atoms with van der Waals surface area (Å²) < 4.78 is 5.28. The number of carbonyl (C=O) groups is 4. The molecule has 0 bridgehead atoms. The molecule has 0 spiro atoms. The van der Waals surface area contributed by atoms with Crippen molar-refractivity contribution in [2.45, 2.75) is 44.7 Å². The maximum absolute atomic E-state index is 12.6. The number of piperidine rings is 1. The van der Waals surface area contributed by atoms with Gasteiger partial charge in [0.2, 0.25) is 11.8 Å². The average molecular weight is 374 g/mol. The predicted molar refractivity (Wildman–Crippen MR) is 93.9 cm³/mol. The highest BCUT2D eigenvalue weighted by Crippen LogP contribution is 2.28. The topological polar surface area (TPSA) is 113 Å². The number of nitrogens with zero attached hydrogens (tertiary/aromatic N) is 1. The molecule has 0 radical (unpaired) electrons. The summed E-state index contributed by atoms with van der Waals surface area (Å²) in [5, 5.41) is 10.8. The third kappa shape index (κ3) is 4.51. The van der Waals surface area contributed by atoms with Crippen LogP contribution < -0.4 is 5.32 Å². The minimum absolute atomic E-state index is 0.00284. The van der Waals surface area contributed by atoms with Gasteiger partial charge in [0.1, 0.15) is 6.04 Å². The predicted octanol–water partition coefficient (Wildman–Crippen LogP) is 0.872. The average Bonchev–Trinajstić information content (AvgIpc) is 2.94. The van der Waals surface area contributed by atoms with Crippen molar-refractivity contribution in [2.75, 3.05) is 13.2 Å². The van der Waals surface area contributed by atoms with Crippen LogP contribution in [0.15, 0.2) is 18.2 Å². The van der Waals surface area contributed by atoms with Crippen LogP contribution in [0, 0.1) is 0 Å². The van der Waals surface area contributed by atoms with Crippen molar-refractivity contribution in [2.24, 2.45) is 0 Å². The molecule has 1 fully saturated rings. The van der Waals surface area contributed by atoms with Crippen LogP contribution >= 0.6 is 0 Å². The fraction of sp³-hybridized carbons (Fsp3) is 0.474. The van der Waals surface area contributed by atoms with Crippen LogP contribution in [0.1, 0.15) is 47.2 Å². The zero-order valence-electron chi connectivity index (χ0n) is 14.9. The van der Waals surface area contributed by atoms with E-state index in [-0.39, 0.29) is 31.3 Å². The van der Waals surface area contributed by atoms with Crippen LogP contribution in [0.25, 0.3) is 0 Å². The number of aliphatic carboxylic acids is 1. The lowest BCUT2D eigenvalue weighted by molar-refractivity contribution is -0.139. The molecule has 2 aliphatic heterocycles. The number of fused-ring (bicyclic) bond motifs is 1. The maximum atomic E-state index is 12.6. The molecule has 0 saturated carbocycles. The second-order valence-corrected chi connectivity index (χ2v) is 6.75. The fourth-order valence-corrected chi connectivity index (χ4v) is 3.42. The summed E-state index contributed by atoms with van der Waals surface area (Å²) in [6.45, 7) is 1.05. The van der Waals surface area contributed by atoms with E-state index in [1.54, 1.807) is 6.07 Å². The number of hydrogen-bond acceptors (Lipinski definition) is 5. The van der Waals surface area contributed by atoms with Gasteiger partial charge in [-0.25, -0.2) is 0 Å². The molecule has 2 heterocycles. The maximum Gasteiger partial charge on any atom is 0.305 e. The van der Waals surface area contributed by atoms with Crippen molar-refractivity contribution in [3.63, 3.8) is 0 Å². The molecule has 8 heteroatoms. The van der Waals surface area contributed by atoms with Gasteiger partial charge in [-0.1, -0.05) is 12.1 Å². The number of ether oxygens (including phenoxy) is 1. The van der Waals surface area contributed by atoms with Crippen LogP contribution in [0.4, 0.5) is 0 Å². The molecule has 1 aromatic carbocycles. The number of aryl methyl sites for hydroxylation is 1. The van der Waals surface area contributed by atoms with E-state index in [1.165, 1.54) is 4.90 Å². The van der Waals surface area contributed by atoms with Gasteiger partial charge in [0.15, 0.2) is 0 Å². The van der Waals surface area contributed by atoms with Gasteiger partial charge in [0.25, 0.3) is 5.91 Å². The van der Waals surface area contributed by atoms with Crippen molar-refractivity contribution >= 4 is 23.7 Å². The van der Waals surface area contributed by atoms with E-state index in [0.29, 0.717) is 25.1 Å². The van der Waals surface area contributed by atoms with E-state index in [2.05, 4.69) is 5.32 Å². The van der Waals surface area contributed by atoms with Crippen LogP contribution in [-0.4, -0.2) is 53.0 Å². The monoisotopic (exact) mass is 374 g/mol. The SMILES string of the molecule is O=C(O)CCOCCCc1ccc2c(c1)CN(C1CCC(=O)NC1=O)C2=O. The number of carbonyl (C=O) groups excluding carboxylic acids is 3. The Labute approximate surface area is 156 Å². The van der Waals surface area contributed by atoms with Crippen molar-refractivity contribution in [1.29, 1.82) is 0 Å². The second-order valence-electron chi connectivity index (χ2n) is 6.75. The molecule has 0 aromatic heterocycles. The summed E-state index contributed by atoms with van der Waals surface area (Å²) in [6, 6.07) is 5.04. The Kier molecular flexibility index (Phi) is 5.85. The van der Waals surface area contributed by atoms with Gasteiger partial charge in [-0.3, -0.25) is 24.5 Å². The first-order valence-electron chi connectivity index (χ1n) is 9.01. The molecule has 1 unspecified atom stereocenters. The van der Waals surface area contributed by atoms with E-state index in [1.807, 2.05) is 12.1 Å². The van der Waals surface area contributed by atoms with Gasteiger partial charge in [0.05, 0.1) is 13.0 Å². The first-order valence-corrected chi connectivity index (χ1v) is 9.01. The number of amides is 3. The lowest BCUT2D eigenvalue weighted by atomic mass is 10.0. The number of nitrogens with one attached hydrogen (secondary N) is 1. The standard InChI is InChI=1S/C19H22N2O6/c22-16-6-5-15(18(25)20-16)21-11-13-10-12(3-4-14(13)19(21)26)2-1-8-27-9-7-17(23)24/h3-4,10,15H,1-2,5-9,11H2,(H,23,24)(H,20,22,25). The van der Waals surface area contributed by atoms with Crippen molar-refractivity contribution in [3.8, 4) is 0 Å². The summed E-state index contributed by atoms with van der Waals surface area (Å²) in [5.74, 6) is -1.76. The zero-order valence-corrected chi connectivity index (χ0v) is 14.9. The van der Waals surface area contributed by atoms with Gasteiger partial charge in [-0.05, 0) is 36.5 Å². The normalized spacial score (nSPS) is 19.2. The largest absolute Gasteiger partial charge is 0.481 e. The Morgan fingerprint density at radius 2 is 2.07 bits per heavy atom. The minimum atomic E-state index is -0.876. The summed E-state index contributed by atoms with van der Waals surface area (Å²) >= 11 is 0. The van der Waals surface area contributed by atoms with Gasteiger partial charge in [-0.2, -0.15) is 0 Å². The second kappa shape index (κ2) is 8.30. The number of imide groups is 1. The third-order valence-corrected chi connectivity index (χ3v) is 4.80. The molecular weight excluding hydrogens is 352 g/mol. The van der Waals surface area contributed by atoms with Crippen molar-refractivity contribution in [3.05, 3.63) is 34.9 Å². The van der Waals surface area contributed by atoms with Crippen molar-refractivity contribution < 1.29 is 29.0 Å². The molecule has 0 aliphatic carbocycles. The highest BCUT2D eigenvalue weighted by molar-refractivity contribution is 6.05. The molecule has 2 aliphatic rings. The van der Waals surface area contributed by atoms with Gasteiger partial charge in [0, 0.05) is 25.1 Å². The van der Waals surface area contributed by atoms with E-state index in [4.69, 9.17) is 9.84 Å². The summed E-state index contributed by atoms with van der Waals surface area (Å²) in [7, 11) is 0. The quantitative estimate of drug-likeness (QED) is 0.516. The summed E-state index contributed by atoms with van der Waals surface area (Å²) in [6.07, 6.45) is 2.10. The molecule has 3 amide bonds. The van der Waals surface area contributed by atoms with Crippen molar-refractivity contribution in [1.82, 2.24) is 10.2 Å². The smallest absolute Gasteiger partial charge is 0.305 e. The zero-order chi connectivity index (χ0) is 19.4. The lowest BCUT2D eigenvalue weighted by Gasteiger charge is -2.29. The molecule has 1 atom stereocenters. The molecule has 1 saturated heterocycles. The highest BCUT2D eigenvalue weighted by atomic mass is 16.5. The number of benzene rings is 1. The molecule has 1 aromatic rings.